The van der Waals surface area contributed by atoms with Crippen LogP contribution in [0.4, 0.5) is 0 Å². The Hall–Kier alpha value is -2.04. The van der Waals surface area contributed by atoms with E-state index in [1.165, 1.54) is 0 Å². The van der Waals surface area contributed by atoms with Crippen molar-refractivity contribution in [2.24, 2.45) is 0 Å². The van der Waals surface area contributed by atoms with Crippen LogP contribution in [0.25, 0.3) is 0 Å². The van der Waals surface area contributed by atoms with Crippen molar-refractivity contribution in [3.05, 3.63) is 59.7 Å². The van der Waals surface area contributed by atoms with Crippen molar-refractivity contribution in [2.45, 2.75) is 6.10 Å². The van der Waals surface area contributed by atoms with Gasteiger partial charge in [0.1, 0.15) is 24.2 Å². The monoisotopic (exact) mass is 288 g/mol. The molecule has 0 saturated carbocycles. The molecule has 0 spiro atoms. The van der Waals surface area contributed by atoms with E-state index in [1.807, 2.05) is 48.5 Å². The third kappa shape index (κ3) is 3.74. The summed E-state index contributed by atoms with van der Waals surface area (Å²) in [4.78, 5) is 0. The van der Waals surface area contributed by atoms with Gasteiger partial charge in [-0.1, -0.05) is 36.4 Å². The number of aliphatic hydroxyl groups excluding tert-OH is 1. The summed E-state index contributed by atoms with van der Waals surface area (Å²) >= 11 is 0. The molecule has 0 amide bonds. The van der Waals surface area contributed by atoms with Gasteiger partial charge < -0.3 is 19.3 Å². The Morgan fingerprint density at radius 3 is 2.05 bits per heavy atom. The molecular formula is C17H20O4. The highest BCUT2D eigenvalue weighted by Crippen LogP contribution is 2.34. The second-order valence-corrected chi connectivity index (χ2v) is 4.52. The molecule has 0 heterocycles. The van der Waals surface area contributed by atoms with Crippen LogP contribution in [0.1, 0.15) is 17.2 Å². The normalized spacial score (nSPS) is 12.0. The van der Waals surface area contributed by atoms with Gasteiger partial charge in [0.2, 0.25) is 0 Å². The van der Waals surface area contributed by atoms with Gasteiger partial charge in [-0.3, -0.25) is 0 Å². The molecule has 0 saturated heterocycles. The Morgan fingerprint density at radius 1 is 0.857 bits per heavy atom. The number of hydrogen-bond donors (Lipinski definition) is 1. The fraction of sp³-hybridized carbons (Fsp3) is 0.294. The van der Waals surface area contributed by atoms with Crippen LogP contribution in [0, 0.1) is 0 Å². The summed E-state index contributed by atoms with van der Waals surface area (Å²) in [5, 5.41) is 10.6. The van der Waals surface area contributed by atoms with E-state index in [4.69, 9.17) is 14.2 Å². The first-order valence-corrected chi connectivity index (χ1v) is 6.79. The highest BCUT2D eigenvalue weighted by Gasteiger charge is 2.18. The van der Waals surface area contributed by atoms with Crippen molar-refractivity contribution >= 4 is 0 Å². The van der Waals surface area contributed by atoms with Crippen molar-refractivity contribution in [3.8, 4) is 11.5 Å². The first-order chi connectivity index (χ1) is 10.3. The first-order valence-electron chi connectivity index (χ1n) is 6.79. The number of para-hydroxylation sites is 2. The van der Waals surface area contributed by atoms with Gasteiger partial charge in [-0.15, -0.1) is 0 Å². The van der Waals surface area contributed by atoms with Gasteiger partial charge in [-0.2, -0.15) is 0 Å². The van der Waals surface area contributed by atoms with Gasteiger partial charge in [0.15, 0.2) is 0 Å². The van der Waals surface area contributed by atoms with Gasteiger partial charge in [0.05, 0.1) is 13.7 Å². The van der Waals surface area contributed by atoms with Crippen molar-refractivity contribution in [2.75, 3.05) is 27.4 Å². The smallest absolute Gasteiger partial charge is 0.125 e. The molecule has 2 rings (SSSR count). The lowest BCUT2D eigenvalue weighted by atomic mass is 10.00. The highest BCUT2D eigenvalue weighted by atomic mass is 16.5. The van der Waals surface area contributed by atoms with Gasteiger partial charge in [0.25, 0.3) is 0 Å². The maximum absolute atomic E-state index is 10.6. The third-order valence-corrected chi connectivity index (χ3v) is 3.19. The lowest BCUT2D eigenvalue weighted by Gasteiger charge is -2.18. The molecule has 1 N–H and O–H groups in total. The van der Waals surface area contributed by atoms with E-state index in [1.54, 1.807) is 14.2 Å². The first kappa shape index (κ1) is 15.4. The van der Waals surface area contributed by atoms with Gasteiger partial charge >= 0.3 is 0 Å². The average molecular weight is 288 g/mol. The van der Waals surface area contributed by atoms with Crippen molar-refractivity contribution < 1.29 is 19.3 Å². The number of rotatable bonds is 7. The molecular weight excluding hydrogens is 268 g/mol. The van der Waals surface area contributed by atoms with Crippen LogP contribution in [0.15, 0.2) is 48.5 Å². The SMILES string of the molecule is COCCOc1ccccc1C(O)c1ccccc1OC. The van der Waals surface area contributed by atoms with Crippen molar-refractivity contribution in [1.82, 2.24) is 0 Å². The number of aliphatic hydroxyl groups is 1. The van der Waals surface area contributed by atoms with Crippen LogP contribution in [-0.2, 0) is 4.74 Å². The van der Waals surface area contributed by atoms with Crippen LogP contribution >= 0.6 is 0 Å². The largest absolute Gasteiger partial charge is 0.496 e. The summed E-state index contributed by atoms with van der Waals surface area (Å²) in [6, 6.07) is 14.8. The van der Waals surface area contributed by atoms with Crippen LogP contribution in [0.3, 0.4) is 0 Å². The molecule has 4 nitrogen and oxygen atoms in total. The maximum atomic E-state index is 10.6. The van der Waals surface area contributed by atoms with E-state index in [2.05, 4.69) is 0 Å². The molecule has 0 fully saturated rings. The number of ether oxygens (including phenoxy) is 3. The lowest BCUT2D eigenvalue weighted by molar-refractivity contribution is 0.142. The molecule has 21 heavy (non-hydrogen) atoms. The molecule has 0 aliphatic carbocycles. The fourth-order valence-electron chi connectivity index (χ4n) is 2.13. The van der Waals surface area contributed by atoms with E-state index >= 15 is 0 Å². The summed E-state index contributed by atoms with van der Waals surface area (Å²) in [6.07, 6.45) is -0.806. The van der Waals surface area contributed by atoms with Gasteiger partial charge in [0, 0.05) is 18.2 Å². The van der Waals surface area contributed by atoms with Crippen LogP contribution in [-0.4, -0.2) is 32.5 Å². The maximum Gasteiger partial charge on any atom is 0.125 e. The van der Waals surface area contributed by atoms with E-state index in [9.17, 15) is 5.11 Å². The lowest BCUT2D eigenvalue weighted by Crippen LogP contribution is -2.09. The van der Waals surface area contributed by atoms with Gasteiger partial charge in [-0.25, -0.2) is 0 Å². The highest BCUT2D eigenvalue weighted by molar-refractivity contribution is 5.45. The summed E-state index contributed by atoms with van der Waals surface area (Å²) in [5.74, 6) is 1.30. The van der Waals surface area contributed by atoms with Gasteiger partial charge in [-0.05, 0) is 12.1 Å². The zero-order valence-corrected chi connectivity index (χ0v) is 12.3. The van der Waals surface area contributed by atoms with Crippen LogP contribution in [0.2, 0.25) is 0 Å². The molecule has 0 aliphatic rings. The Kier molecular flexibility index (Phi) is 5.60. The van der Waals surface area contributed by atoms with Crippen molar-refractivity contribution in [1.29, 1.82) is 0 Å². The minimum absolute atomic E-state index is 0.437. The van der Waals surface area contributed by atoms with Crippen molar-refractivity contribution in [3.63, 3.8) is 0 Å². The number of benzene rings is 2. The standard InChI is InChI=1S/C17H20O4/c1-19-11-12-21-16-10-6-4-8-14(16)17(18)13-7-3-5-9-15(13)20-2/h3-10,17-18H,11-12H2,1-2H3. The summed E-state index contributed by atoms with van der Waals surface area (Å²) in [6.45, 7) is 0.936. The zero-order valence-electron chi connectivity index (χ0n) is 12.3. The van der Waals surface area contributed by atoms with E-state index in [0.717, 1.165) is 0 Å². The second kappa shape index (κ2) is 7.67. The number of methoxy groups -OCH3 is 2. The summed E-state index contributed by atoms with van der Waals surface area (Å²) in [5.41, 5.74) is 1.42. The summed E-state index contributed by atoms with van der Waals surface area (Å²) in [7, 11) is 3.21. The Labute approximate surface area is 124 Å². The number of hydrogen-bond acceptors (Lipinski definition) is 4. The molecule has 0 bridgehead atoms. The molecule has 4 heteroatoms. The molecule has 112 valence electrons. The molecule has 0 radical (unpaired) electrons. The van der Waals surface area contributed by atoms with E-state index < -0.39 is 6.10 Å². The Balaban J connectivity index is 2.28. The molecule has 1 unspecified atom stereocenters. The molecule has 0 aromatic heterocycles. The molecule has 2 aromatic rings. The molecule has 2 aromatic carbocycles. The Bertz CT molecular complexity index is 568. The minimum atomic E-state index is -0.806. The topological polar surface area (TPSA) is 47.9 Å². The second-order valence-electron chi connectivity index (χ2n) is 4.52. The average Bonchev–Trinajstić information content (AvgIpc) is 2.55. The predicted octanol–water partition coefficient (Wildman–Crippen LogP) is 2.80. The van der Waals surface area contributed by atoms with E-state index in [-0.39, 0.29) is 0 Å². The Morgan fingerprint density at radius 2 is 1.43 bits per heavy atom. The quantitative estimate of drug-likeness (QED) is 0.796. The van der Waals surface area contributed by atoms with E-state index in [0.29, 0.717) is 35.8 Å². The fourth-order valence-corrected chi connectivity index (χ4v) is 2.13. The molecule has 0 aliphatic heterocycles. The molecule has 1 atom stereocenters. The summed E-state index contributed by atoms with van der Waals surface area (Å²) < 4.78 is 16.0. The zero-order chi connectivity index (χ0) is 15.1. The minimum Gasteiger partial charge on any atom is -0.496 e. The third-order valence-electron chi connectivity index (χ3n) is 3.19. The van der Waals surface area contributed by atoms with Crippen LogP contribution < -0.4 is 9.47 Å². The predicted molar refractivity (Wildman–Crippen MR) is 80.9 cm³/mol. The van der Waals surface area contributed by atoms with Crippen LogP contribution in [0.5, 0.6) is 11.5 Å².